The fourth-order valence-corrected chi connectivity index (χ4v) is 3.83. The van der Waals surface area contributed by atoms with Crippen LogP contribution >= 0.6 is 0 Å². The summed E-state index contributed by atoms with van der Waals surface area (Å²) in [6, 6.07) is 14.4. The molecule has 1 saturated heterocycles. The van der Waals surface area contributed by atoms with E-state index < -0.39 is 0 Å². The lowest BCUT2D eigenvalue weighted by atomic mass is 9.94. The van der Waals surface area contributed by atoms with Crippen LogP contribution in [0.2, 0.25) is 0 Å². The zero-order valence-electron chi connectivity index (χ0n) is 15.1. The summed E-state index contributed by atoms with van der Waals surface area (Å²) in [4.78, 5) is 19.5. The Morgan fingerprint density at radius 3 is 2.73 bits per heavy atom. The Kier molecular flexibility index (Phi) is 4.64. The van der Waals surface area contributed by atoms with Crippen molar-refractivity contribution in [1.29, 1.82) is 0 Å². The molecule has 1 aromatic carbocycles. The summed E-state index contributed by atoms with van der Waals surface area (Å²) in [7, 11) is 1.62. The summed E-state index contributed by atoms with van der Waals surface area (Å²) in [5.41, 5.74) is 2.03. The molecule has 136 valence electrons. The number of nitrogens with zero attached hydrogens (tertiary/aromatic N) is 2. The van der Waals surface area contributed by atoms with Crippen molar-refractivity contribution in [2.75, 3.05) is 20.2 Å². The van der Waals surface area contributed by atoms with Gasteiger partial charge in [-0.15, -0.1) is 0 Å². The summed E-state index contributed by atoms with van der Waals surface area (Å²) >= 11 is 0. The Bertz CT molecular complexity index is 757. The summed E-state index contributed by atoms with van der Waals surface area (Å²) in [6.45, 7) is 2.74. The van der Waals surface area contributed by atoms with Crippen LogP contribution in [-0.2, 0) is 16.8 Å². The van der Waals surface area contributed by atoms with E-state index in [1.807, 2.05) is 36.5 Å². The predicted molar refractivity (Wildman–Crippen MR) is 100.0 cm³/mol. The topological polar surface area (TPSA) is 54.5 Å². The summed E-state index contributed by atoms with van der Waals surface area (Å²) in [5, 5.41) is 3.30. The molecule has 1 atom stereocenters. The molecule has 2 fully saturated rings. The maximum Gasteiger partial charge on any atom is 0.230 e. The van der Waals surface area contributed by atoms with Gasteiger partial charge in [0.1, 0.15) is 0 Å². The number of hydrogen-bond acceptors (Lipinski definition) is 4. The minimum absolute atomic E-state index is 0.196. The molecule has 5 heteroatoms. The molecule has 0 unspecified atom stereocenters. The van der Waals surface area contributed by atoms with Crippen molar-refractivity contribution in [2.45, 2.75) is 37.3 Å². The first kappa shape index (κ1) is 17.0. The highest BCUT2D eigenvalue weighted by Crippen LogP contribution is 2.48. The van der Waals surface area contributed by atoms with Crippen LogP contribution < -0.4 is 10.1 Å². The van der Waals surface area contributed by atoms with Gasteiger partial charge in [-0.1, -0.05) is 36.4 Å². The Morgan fingerprint density at radius 1 is 1.27 bits per heavy atom. The van der Waals surface area contributed by atoms with E-state index in [2.05, 4.69) is 27.3 Å². The van der Waals surface area contributed by atoms with Crippen molar-refractivity contribution in [2.24, 2.45) is 0 Å². The van der Waals surface area contributed by atoms with Crippen molar-refractivity contribution in [3.05, 3.63) is 59.8 Å². The lowest BCUT2D eigenvalue weighted by Crippen LogP contribution is -2.42. The molecule has 1 aliphatic heterocycles. The predicted octanol–water partition coefficient (Wildman–Crippen LogP) is 2.51. The molecule has 1 aliphatic carbocycles. The molecule has 1 amide bonds. The number of nitrogens with one attached hydrogen (secondary N) is 1. The molecule has 2 aliphatic rings. The number of benzene rings is 1. The van der Waals surface area contributed by atoms with Crippen LogP contribution in [0, 0.1) is 0 Å². The van der Waals surface area contributed by atoms with Crippen LogP contribution in [0.3, 0.4) is 0 Å². The molecule has 0 radical (unpaired) electrons. The van der Waals surface area contributed by atoms with Gasteiger partial charge < -0.3 is 10.1 Å². The van der Waals surface area contributed by atoms with Crippen LogP contribution in [0.15, 0.2) is 48.7 Å². The number of hydrogen-bond donors (Lipinski definition) is 1. The van der Waals surface area contributed by atoms with Gasteiger partial charge in [-0.05, 0) is 30.4 Å². The van der Waals surface area contributed by atoms with Crippen molar-refractivity contribution in [1.82, 2.24) is 15.2 Å². The fraction of sp³-hybridized carbons (Fsp3) is 0.429. The number of aromatic nitrogens is 1. The zero-order valence-corrected chi connectivity index (χ0v) is 15.1. The Balaban J connectivity index is 1.32. The second-order valence-corrected chi connectivity index (χ2v) is 7.35. The van der Waals surface area contributed by atoms with E-state index in [0.717, 1.165) is 44.5 Å². The molecule has 1 N–H and O–H groups in total. The average Bonchev–Trinajstić information content (AvgIpc) is 3.39. The molecule has 2 heterocycles. The van der Waals surface area contributed by atoms with Gasteiger partial charge in [0.2, 0.25) is 11.8 Å². The molecule has 1 saturated carbocycles. The Morgan fingerprint density at radius 2 is 2.08 bits per heavy atom. The van der Waals surface area contributed by atoms with E-state index in [4.69, 9.17) is 4.74 Å². The van der Waals surface area contributed by atoms with E-state index in [-0.39, 0.29) is 17.4 Å². The van der Waals surface area contributed by atoms with Crippen LogP contribution in [0.5, 0.6) is 5.88 Å². The van der Waals surface area contributed by atoms with E-state index in [0.29, 0.717) is 5.88 Å². The average molecular weight is 351 g/mol. The summed E-state index contributed by atoms with van der Waals surface area (Å²) in [6.07, 6.45) is 4.77. The number of ether oxygens (including phenoxy) is 1. The first-order chi connectivity index (χ1) is 12.7. The quantitative estimate of drug-likeness (QED) is 0.869. The van der Waals surface area contributed by atoms with Crippen LogP contribution in [0.25, 0.3) is 0 Å². The fourth-order valence-electron chi connectivity index (χ4n) is 3.83. The van der Waals surface area contributed by atoms with Crippen molar-refractivity contribution < 1.29 is 9.53 Å². The molecule has 2 aromatic rings. The number of methoxy groups -OCH3 is 1. The van der Waals surface area contributed by atoms with E-state index in [1.54, 1.807) is 7.11 Å². The van der Waals surface area contributed by atoms with Crippen molar-refractivity contribution >= 4 is 5.91 Å². The van der Waals surface area contributed by atoms with Crippen molar-refractivity contribution in [3.8, 4) is 5.88 Å². The standard InChI is InChI=1S/C21H25N3O2/c1-26-19-8-7-16(13-22-19)14-24-12-9-18(15-24)23-20(25)21(10-11-21)17-5-3-2-4-6-17/h2-8,13,18H,9-12,14-15H2,1H3,(H,23,25)/t18-/m1/s1. The molecule has 0 spiro atoms. The molecular weight excluding hydrogens is 326 g/mol. The molecule has 4 rings (SSSR count). The highest BCUT2D eigenvalue weighted by Gasteiger charge is 2.51. The molecule has 26 heavy (non-hydrogen) atoms. The lowest BCUT2D eigenvalue weighted by molar-refractivity contribution is -0.124. The number of rotatable bonds is 6. The minimum atomic E-state index is -0.283. The summed E-state index contributed by atoms with van der Waals surface area (Å²) in [5.74, 6) is 0.831. The SMILES string of the molecule is COc1ccc(CN2CC[C@@H](NC(=O)C3(c4ccccc4)CC3)C2)cn1. The monoisotopic (exact) mass is 351 g/mol. The highest BCUT2D eigenvalue weighted by atomic mass is 16.5. The van der Waals surface area contributed by atoms with Gasteiger partial charge in [0, 0.05) is 37.9 Å². The third-order valence-corrected chi connectivity index (χ3v) is 5.53. The largest absolute Gasteiger partial charge is 0.481 e. The normalized spacial score (nSPS) is 21.3. The maximum absolute atomic E-state index is 12.9. The van der Waals surface area contributed by atoms with Gasteiger partial charge in [0.25, 0.3) is 0 Å². The molecular formula is C21H25N3O2. The van der Waals surface area contributed by atoms with Gasteiger partial charge in [-0.3, -0.25) is 9.69 Å². The number of likely N-dealkylation sites (tertiary alicyclic amines) is 1. The second-order valence-electron chi connectivity index (χ2n) is 7.35. The van der Waals surface area contributed by atoms with E-state index in [9.17, 15) is 4.79 Å². The van der Waals surface area contributed by atoms with Gasteiger partial charge in [-0.2, -0.15) is 0 Å². The molecule has 5 nitrogen and oxygen atoms in total. The summed E-state index contributed by atoms with van der Waals surface area (Å²) < 4.78 is 5.10. The number of carbonyl (C=O) groups excluding carboxylic acids is 1. The zero-order chi connectivity index (χ0) is 18.0. The van der Waals surface area contributed by atoms with Gasteiger partial charge in [0.05, 0.1) is 12.5 Å². The molecule has 0 bridgehead atoms. The minimum Gasteiger partial charge on any atom is -0.481 e. The maximum atomic E-state index is 12.9. The Hall–Kier alpha value is -2.40. The van der Waals surface area contributed by atoms with Gasteiger partial charge in [-0.25, -0.2) is 4.98 Å². The first-order valence-corrected chi connectivity index (χ1v) is 9.27. The van der Waals surface area contributed by atoms with Crippen LogP contribution in [0.4, 0.5) is 0 Å². The number of amides is 1. The highest BCUT2D eigenvalue weighted by molar-refractivity contribution is 5.91. The third-order valence-electron chi connectivity index (χ3n) is 5.53. The number of carbonyl (C=O) groups is 1. The third kappa shape index (κ3) is 3.44. The first-order valence-electron chi connectivity index (χ1n) is 9.27. The van der Waals surface area contributed by atoms with E-state index >= 15 is 0 Å². The van der Waals surface area contributed by atoms with Gasteiger partial charge in [0.15, 0.2) is 0 Å². The smallest absolute Gasteiger partial charge is 0.230 e. The van der Waals surface area contributed by atoms with Crippen LogP contribution in [-0.4, -0.2) is 42.0 Å². The van der Waals surface area contributed by atoms with Crippen molar-refractivity contribution in [3.63, 3.8) is 0 Å². The molecule has 1 aromatic heterocycles. The van der Waals surface area contributed by atoms with E-state index in [1.165, 1.54) is 5.56 Å². The second kappa shape index (κ2) is 7.08. The number of pyridine rings is 1. The Labute approximate surface area is 154 Å². The van der Waals surface area contributed by atoms with Gasteiger partial charge >= 0.3 is 0 Å². The van der Waals surface area contributed by atoms with Crippen LogP contribution in [0.1, 0.15) is 30.4 Å². The lowest BCUT2D eigenvalue weighted by Gasteiger charge is -2.20.